The van der Waals surface area contributed by atoms with Crippen LogP contribution in [-0.4, -0.2) is 23.8 Å². The van der Waals surface area contributed by atoms with Crippen molar-refractivity contribution in [1.29, 1.82) is 0 Å². The third kappa shape index (κ3) is 3.61. The zero-order valence-corrected chi connectivity index (χ0v) is 13.6. The monoisotopic (exact) mass is 327 g/mol. The number of hydrogen-bond donors (Lipinski definition) is 0. The highest BCUT2D eigenvalue weighted by molar-refractivity contribution is 7.18. The van der Waals surface area contributed by atoms with Crippen molar-refractivity contribution < 1.29 is 4.79 Å². The van der Waals surface area contributed by atoms with Crippen molar-refractivity contribution in [3.8, 4) is 0 Å². The van der Waals surface area contributed by atoms with Gasteiger partial charge in [0, 0.05) is 11.6 Å². The van der Waals surface area contributed by atoms with Gasteiger partial charge in [0.05, 0.1) is 15.3 Å². The molecule has 0 amide bonds. The lowest BCUT2D eigenvalue weighted by molar-refractivity contribution is 0.0866. The van der Waals surface area contributed by atoms with Crippen LogP contribution in [0.1, 0.15) is 22.2 Å². The number of ketones is 1. The van der Waals surface area contributed by atoms with Crippen LogP contribution in [0.4, 0.5) is 0 Å². The molecule has 0 saturated carbocycles. The Balaban J connectivity index is 2.07. The Bertz CT molecular complexity index is 611. The number of likely N-dealkylation sites (N-methyl/N-ethyl adjacent to an activating group) is 1. The van der Waals surface area contributed by atoms with E-state index in [1.807, 2.05) is 43.1 Å². The number of rotatable bonds is 5. The number of benzene rings is 1. The highest BCUT2D eigenvalue weighted by Crippen LogP contribution is 2.24. The minimum Gasteiger partial charge on any atom is -0.292 e. The summed E-state index contributed by atoms with van der Waals surface area (Å²) in [6.07, 6.45) is 0. The van der Waals surface area contributed by atoms with Crippen LogP contribution in [0.2, 0.25) is 9.36 Å². The molecule has 1 atom stereocenters. The van der Waals surface area contributed by atoms with Crippen LogP contribution in [0.3, 0.4) is 0 Å². The summed E-state index contributed by atoms with van der Waals surface area (Å²) >= 11 is 13.3. The van der Waals surface area contributed by atoms with Gasteiger partial charge in [0.2, 0.25) is 0 Å². The molecule has 0 aliphatic heterocycles. The minimum atomic E-state index is -0.221. The number of Topliss-reactive ketones (excluding diaryl/α,β-unsaturated/α-hetero) is 1. The quantitative estimate of drug-likeness (QED) is 0.738. The fraction of sp³-hybridized carbons (Fsp3) is 0.267. The second-order valence-corrected chi connectivity index (χ2v) is 6.77. The molecule has 1 heterocycles. The average Bonchev–Trinajstić information content (AvgIpc) is 2.86. The molecule has 0 radical (unpaired) electrons. The summed E-state index contributed by atoms with van der Waals surface area (Å²) < 4.78 is 0.634. The first kappa shape index (κ1) is 15.5. The summed E-state index contributed by atoms with van der Waals surface area (Å²) in [5.41, 5.74) is 1.01. The number of thiophene rings is 1. The van der Waals surface area contributed by atoms with Gasteiger partial charge in [0.1, 0.15) is 0 Å². The van der Waals surface area contributed by atoms with Gasteiger partial charge in [-0.05, 0) is 37.7 Å². The Morgan fingerprint density at radius 2 is 1.95 bits per heavy atom. The van der Waals surface area contributed by atoms with Gasteiger partial charge in [-0.15, -0.1) is 11.3 Å². The summed E-state index contributed by atoms with van der Waals surface area (Å²) in [6, 6.07) is 11.0. The fourth-order valence-electron chi connectivity index (χ4n) is 1.89. The summed E-state index contributed by atoms with van der Waals surface area (Å²) in [7, 11) is 1.92. The summed E-state index contributed by atoms with van der Waals surface area (Å²) in [6.45, 7) is 2.53. The maximum Gasteiger partial charge on any atom is 0.189 e. The molecule has 0 aliphatic carbocycles. The topological polar surface area (TPSA) is 20.3 Å². The van der Waals surface area contributed by atoms with E-state index in [1.54, 1.807) is 12.1 Å². The van der Waals surface area contributed by atoms with E-state index in [1.165, 1.54) is 11.3 Å². The molecule has 0 fully saturated rings. The standard InChI is InChI=1S/C15H15Cl2NOS/c1-10(15(19)13-7-8-14(17)20-13)18(2)9-11-5-3-4-6-12(11)16/h3-8,10H,9H2,1-2H3. The lowest BCUT2D eigenvalue weighted by atomic mass is 10.1. The average molecular weight is 328 g/mol. The number of carbonyl (C=O) groups is 1. The number of halogens is 2. The highest BCUT2D eigenvalue weighted by atomic mass is 35.5. The van der Waals surface area contributed by atoms with Crippen LogP contribution in [0.5, 0.6) is 0 Å². The molecule has 0 bridgehead atoms. The molecule has 106 valence electrons. The van der Waals surface area contributed by atoms with Crippen LogP contribution in [0, 0.1) is 0 Å². The molecule has 0 N–H and O–H groups in total. The van der Waals surface area contributed by atoms with Crippen molar-refractivity contribution in [2.45, 2.75) is 19.5 Å². The third-order valence-electron chi connectivity index (χ3n) is 3.23. The molecule has 0 aliphatic rings. The molecule has 0 saturated heterocycles. The zero-order valence-electron chi connectivity index (χ0n) is 11.3. The van der Waals surface area contributed by atoms with E-state index in [-0.39, 0.29) is 11.8 Å². The van der Waals surface area contributed by atoms with E-state index < -0.39 is 0 Å². The van der Waals surface area contributed by atoms with Gasteiger partial charge in [0.25, 0.3) is 0 Å². The normalized spacial score (nSPS) is 12.7. The second-order valence-electron chi connectivity index (χ2n) is 4.65. The van der Waals surface area contributed by atoms with Crippen LogP contribution in [-0.2, 0) is 6.54 Å². The van der Waals surface area contributed by atoms with Gasteiger partial charge in [-0.25, -0.2) is 0 Å². The van der Waals surface area contributed by atoms with E-state index in [9.17, 15) is 4.79 Å². The summed E-state index contributed by atoms with van der Waals surface area (Å²) in [5.74, 6) is 0.0800. The first-order chi connectivity index (χ1) is 9.49. The Morgan fingerprint density at radius 3 is 2.55 bits per heavy atom. The molecular formula is C15H15Cl2NOS. The molecule has 2 rings (SSSR count). The summed E-state index contributed by atoms with van der Waals surface area (Å²) in [5, 5.41) is 0.721. The van der Waals surface area contributed by atoms with Crippen molar-refractivity contribution in [1.82, 2.24) is 4.90 Å². The smallest absolute Gasteiger partial charge is 0.189 e. The van der Waals surface area contributed by atoms with Crippen molar-refractivity contribution in [3.63, 3.8) is 0 Å². The van der Waals surface area contributed by atoms with Crippen molar-refractivity contribution >= 4 is 40.3 Å². The zero-order chi connectivity index (χ0) is 14.7. The Labute approximate surface area is 132 Å². The third-order valence-corrected chi connectivity index (χ3v) is 4.85. The molecular weight excluding hydrogens is 313 g/mol. The first-order valence-corrected chi connectivity index (χ1v) is 7.79. The van der Waals surface area contributed by atoms with Gasteiger partial charge in [-0.3, -0.25) is 9.69 Å². The molecule has 20 heavy (non-hydrogen) atoms. The largest absolute Gasteiger partial charge is 0.292 e. The first-order valence-electron chi connectivity index (χ1n) is 6.22. The molecule has 2 aromatic rings. The van der Waals surface area contributed by atoms with Crippen molar-refractivity contribution in [2.24, 2.45) is 0 Å². The molecule has 1 unspecified atom stereocenters. The van der Waals surface area contributed by atoms with Crippen LogP contribution in [0.25, 0.3) is 0 Å². The lowest BCUT2D eigenvalue weighted by Crippen LogP contribution is -2.35. The maximum atomic E-state index is 12.4. The van der Waals surface area contributed by atoms with Crippen molar-refractivity contribution in [2.75, 3.05) is 7.05 Å². The van der Waals surface area contributed by atoms with Gasteiger partial charge in [-0.2, -0.15) is 0 Å². The SMILES string of the molecule is CC(C(=O)c1ccc(Cl)s1)N(C)Cc1ccccc1Cl. The van der Waals surface area contributed by atoms with Gasteiger partial charge in [0.15, 0.2) is 5.78 Å². The van der Waals surface area contributed by atoms with Crippen molar-refractivity contribution in [3.05, 3.63) is 56.2 Å². The Kier molecular flexibility index (Phi) is 5.22. The molecule has 5 heteroatoms. The van der Waals surface area contributed by atoms with E-state index >= 15 is 0 Å². The van der Waals surface area contributed by atoms with E-state index in [2.05, 4.69) is 0 Å². The van der Waals surface area contributed by atoms with E-state index in [4.69, 9.17) is 23.2 Å². The number of hydrogen-bond acceptors (Lipinski definition) is 3. The second kappa shape index (κ2) is 6.72. The number of nitrogens with zero attached hydrogens (tertiary/aromatic N) is 1. The predicted molar refractivity (Wildman–Crippen MR) is 86.0 cm³/mol. The predicted octanol–water partition coefficient (Wildman–Crippen LogP) is 4.76. The minimum absolute atomic E-state index is 0.0800. The molecule has 2 nitrogen and oxygen atoms in total. The number of carbonyl (C=O) groups excluding carboxylic acids is 1. The van der Waals surface area contributed by atoms with Crippen LogP contribution >= 0.6 is 34.5 Å². The summed E-state index contributed by atoms with van der Waals surface area (Å²) in [4.78, 5) is 15.0. The van der Waals surface area contributed by atoms with Crippen LogP contribution in [0.15, 0.2) is 36.4 Å². The molecule has 0 spiro atoms. The Morgan fingerprint density at radius 1 is 1.25 bits per heavy atom. The van der Waals surface area contributed by atoms with Gasteiger partial charge < -0.3 is 0 Å². The lowest BCUT2D eigenvalue weighted by Gasteiger charge is -2.23. The Hall–Kier alpha value is -0.870. The highest BCUT2D eigenvalue weighted by Gasteiger charge is 2.21. The van der Waals surface area contributed by atoms with Gasteiger partial charge in [-0.1, -0.05) is 41.4 Å². The van der Waals surface area contributed by atoms with Crippen LogP contribution < -0.4 is 0 Å². The fourth-order valence-corrected chi connectivity index (χ4v) is 3.15. The molecule has 1 aromatic heterocycles. The van der Waals surface area contributed by atoms with Gasteiger partial charge >= 0.3 is 0 Å². The van der Waals surface area contributed by atoms with E-state index in [0.29, 0.717) is 15.8 Å². The maximum absolute atomic E-state index is 12.4. The molecule has 1 aromatic carbocycles. The van der Waals surface area contributed by atoms with E-state index in [0.717, 1.165) is 10.6 Å².